The topological polar surface area (TPSA) is 65.1 Å². The van der Waals surface area contributed by atoms with Gasteiger partial charge in [0.25, 0.3) is 0 Å². The molecule has 0 atom stereocenters. The first-order chi connectivity index (χ1) is 13.7. The zero-order valence-corrected chi connectivity index (χ0v) is 17.9. The fraction of sp³-hybridized carbons (Fsp3) is 0.300. The van der Waals surface area contributed by atoms with Crippen LogP contribution in [0.1, 0.15) is 13.8 Å². The molecule has 0 bridgehead atoms. The summed E-state index contributed by atoms with van der Waals surface area (Å²) in [5.41, 5.74) is -0.115. The summed E-state index contributed by atoms with van der Waals surface area (Å²) in [5.74, 6) is -0.402. The van der Waals surface area contributed by atoms with Gasteiger partial charge in [-0.25, -0.2) is 4.79 Å². The Morgan fingerprint density at radius 3 is 2.45 bits per heavy atom. The van der Waals surface area contributed by atoms with Gasteiger partial charge in [-0.1, -0.05) is 41.4 Å². The van der Waals surface area contributed by atoms with E-state index in [4.69, 9.17) is 28.0 Å². The van der Waals surface area contributed by atoms with E-state index >= 15 is 0 Å². The van der Waals surface area contributed by atoms with Crippen LogP contribution in [0.5, 0.6) is 0 Å². The fourth-order valence-corrected chi connectivity index (χ4v) is 3.29. The molecule has 0 aliphatic carbocycles. The van der Waals surface area contributed by atoms with Gasteiger partial charge in [0.15, 0.2) is 0 Å². The highest BCUT2D eigenvalue weighted by molar-refractivity contribution is 6.35. The quantitative estimate of drug-likeness (QED) is 0.752. The van der Waals surface area contributed by atoms with Crippen LogP contribution in [0.3, 0.4) is 0 Å². The maximum absolute atomic E-state index is 13.3. The van der Waals surface area contributed by atoms with Gasteiger partial charge in [-0.2, -0.15) is 0 Å². The van der Waals surface area contributed by atoms with E-state index in [1.54, 1.807) is 42.0 Å². The Balaban J connectivity index is 1.88. The standard InChI is InChI=1S/C20H22Cl2N4O3/c1-20(2,18(27)23-17-11-14(21)9-10-16(17)22)26-13-24(29-3)12-25(19(26)28)15-7-5-4-6-8-15/h4-11H,12-13H2,1-3H3,(H,23,27). The molecular weight excluding hydrogens is 415 g/mol. The van der Waals surface area contributed by atoms with E-state index in [1.165, 1.54) is 12.0 Å². The third kappa shape index (κ3) is 4.48. The molecular formula is C20H22Cl2N4O3. The lowest BCUT2D eigenvalue weighted by Crippen LogP contribution is -2.66. The van der Waals surface area contributed by atoms with Crippen molar-refractivity contribution in [3.05, 3.63) is 58.6 Å². The van der Waals surface area contributed by atoms with Crippen molar-refractivity contribution in [3.63, 3.8) is 0 Å². The molecule has 0 aromatic heterocycles. The molecule has 1 saturated heterocycles. The predicted octanol–water partition coefficient (Wildman–Crippen LogP) is 4.43. The summed E-state index contributed by atoms with van der Waals surface area (Å²) in [5, 5.41) is 5.16. The summed E-state index contributed by atoms with van der Waals surface area (Å²) >= 11 is 12.2. The fourth-order valence-electron chi connectivity index (χ4n) is 2.95. The molecule has 7 nitrogen and oxygen atoms in total. The SMILES string of the molecule is CON1CN(c2ccccc2)C(=O)N(C(C)(C)C(=O)Nc2cc(Cl)ccc2Cl)C1. The third-order valence-electron chi connectivity index (χ3n) is 4.79. The van der Waals surface area contributed by atoms with Gasteiger partial charge in [-0.05, 0) is 44.2 Å². The number of carbonyl (C=O) groups excluding carboxylic acids is 2. The molecule has 3 rings (SSSR count). The van der Waals surface area contributed by atoms with Crippen LogP contribution in [0.15, 0.2) is 48.5 Å². The van der Waals surface area contributed by atoms with Crippen molar-refractivity contribution in [1.82, 2.24) is 9.96 Å². The summed E-state index contributed by atoms with van der Waals surface area (Å²) < 4.78 is 0. The molecule has 1 N–H and O–H groups in total. The van der Waals surface area contributed by atoms with Crippen molar-refractivity contribution in [3.8, 4) is 0 Å². The molecule has 154 valence electrons. The van der Waals surface area contributed by atoms with E-state index in [9.17, 15) is 9.59 Å². The van der Waals surface area contributed by atoms with Crippen molar-refractivity contribution >= 4 is 46.5 Å². The largest absolute Gasteiger partial charge is 0.327 e. The van der Waals surface area contributed by atoms with Gasteiger partial charge in [0, 0.05) is 10.7 Å². The molecule has 29 heavy (non-hydrogen) atoms. The number of carbonyl (C=O) groups is 2. The second kappa shape index (κ2) is 8.59. The Labute approximate surface area is 179 Å². The minimum atomic E-state index is -1.20. The number of nitrogens with one attached hydrogen (secondary N) is 1. The van der Waals surface area contributed by atoms with Crippen LogP contribution >= 0.6 is 23.2 Å². The molecule has 1 heterocycles. The zero-order chi connectivity index (χ0) is 21.2. The number of hydrogen-bond acceptors (Lipinski definition) is 4. The second-order valence-electron chi connectivity index (χ2n) is 7.06. The van der Waals surface area contributed by atoms with Gasteiger partial charge in [0.1, 0.15) is 18.9 Å². The average molecular weight is 437 g/mol. The molecule has 1 aliphatic heterocycles. The molecule has 3 amide bonds. The van der Waals surface area contributed by atoms with Crippen LogP contribution in [0, 0.1) is 0 Å². The van der Waals surface area contributed by atoms with Crippen LogP contribution in [0.25, 0.3) is 0 Å². The van der Waals surface area contributed by atoms with Gasteiger partial charge in [0.2, 0.25) is 5.91 Å². The Morgan fingerprint density at radius 2 is 1.79 bits per heavy atom. The second-order valence-corrected chi connectivity index (χ2v) is 7.90. The number of urea groups is 1. The van der Waals surface area contributed by atoms with Crippen LogP contribution in [0.4, 0.5) is 16.2 Å². The number of benzene rings is 2. The zero-order valence-electron chi connectivity index (χ0n) is 16.4. The summed E-state index contributed by atoms with van der Waals surface area (Å²) in [6.45, 7) is 3.71. The van der Waals surface area contributed by atoms with Crippen molar-refractivity contribution in [2.24, 2.45) is 0 Å². The predicted molar refractivity (Wildman–Crippen MR) is 114 cm³/mol. The first kappa shape index (κ1) is 21.4. The smallest absolute Gasteiger partial charge is 0.323 e. The number of rotatable bonds is 5. The van der Waals surface area contributed by atoms with Crippen LogP contribution in [0.2, 0.25) is 10.0 Å². The van der Waals surface area contributed by atoms with E-state index in [1.807, 2.05) is 30.3 Å². The van der Waals surface area contributed by atoms with Gasteiger partial charge >= 0.3 is 6.03 Å². The Hall–Kier alpha value is -2.32. The van der Waals surface area contributed by atoms with Crippen molar-refractivity contribution in [2.75, 3.05) is 30.7 Å². The summed E-state index contributed by atoms with van der Waals surface area (Å²) in [4.78, 5) is 34.7. The summed E-state index contributed by atoms with van der Waals surface area (Å²) in [6.07, 6.45) is 0. The maximum atomic E-state index is 13.3. The molecule has 1 fully saturated rings. The molecule has 9 heteroatoms. The molecule has 2 aromatic carbocycles. The number of amides is 3. The minimum Gasteiger partial charge on any atom is -0.323 e. The van der Waals surface area contributed by atoms with Gasteiger partial charge < -0.3 is 5.32 Å². The normalized spacial score (nSPS) is 15.6. The summed E-state index contributed by atoms with van der Waals surface area (Å²) in [6, 6.07) is 13.7. The van der Waals surface area contributed by atoms with Gasteiger partial charge in [0.05, 0.1) is 17.8 Å². The van der Waals surface area contributed by atoms with E-state index < -0.39 is 11.4 Å². The van der Waals surface area contributed by atoms with Crippen LogP contribution in [-0.2, 0) is 9.63 Å². The molecule has 0 spiro atoms. The Bertz CT molecular complexity index is 908. The third-order valence-corrected chi connectivity index (χ3v) is 5.36. The molecule has 0 saturated carbocycles. The van der Waals surface area contributed by atoms with Crippen LogP contribution in [-0.4, -0.2) is 47.9 Å². The van der Waals surface area contributed by atoms with Crippen molar-refractivity contribution in [1.29, 1.82) is 0 Å². The lowest BCUT2D eigenvalue weighted by atomic mass is 10.0. The molecule has 1 aliphatic rings. The molecule has 2 aromatic rings. The first-order valence-corrected chi connectivity index (χ1v) is 9.69. The average Bonchev–Trinajstić information content (AvgIpc) is 2.71. The number of hydroxylamine groups is 2. The highest BCUT2D eigenvalue weighted by atomic mass is 35.5. The first-order valence-electron chi connectivity index (χ1n) is 8.94. The highest BCUT2D eigenvalue weighted by Crippen LogP contribution is 2.29. The number of nitrogens with zero attached hydrogens (tertiary/aromatic N) is 3. The monoisotopic (exact) mass is 436 g/mol. The molecule has 0 radical (unpaired) electrons. The van der Waals surface area contributed by atoms with E-state index in [-0.39, 0.29) is 19.4 Å². The summed E-state index contributed by atoms with van der Waals surface area (Å²) in [7, 11) is 1.52. The van der Waals surface area contributed by atoms with Crippen LogP contribution < -0.4 is 10.2 Å². The minimum absolute atomic E-state index is 0.127. The highest BCUT2D eigenvalue weighted by Gasteiger charge is 2.44. The number of para-hydroxylation sites is 1. The number of halogens is 2. The van der Waals surface area contributed by atoms with Crippen molar-refractivity contribution in [2.45, 2.75) is 19.4 Å². The number of hydrogen-bond donors (Lipinski definition) is 1. The Kier molecular flexibility index (Phi) is 6.33. The van der Waals surface area contributed by atoms with Gasteiger partial charge in [-0.3, -0.25) is 19.4 Å². The van der Waals surface area contributed by atoms with Gasteiger partial charge in [-0.15, -0.1) is 5.06 Å². The van der Waals surface area contributed by atoms with E-state index in [0.29, 0.717) is 21.4 Å². The lowest BCUT2D eigenvalue weighted by Gasteiger charge is -2.46. The van der Waals surface area contributed by atoms with Crippen molar-refractivity contribution < 1.29 is 14.4 Å². The molecule has 0 unspecified atom stereocenters. The maximum Gasteiger partial charge on any atom is 0.327 e. The van der Waals surface area contributed by atoms with E-state index in [0.717, 1.165) is 0 Å². The lowest BCUT2D eigenvalue weighted by molar-refractivity contribution is -0.171. The Morgan fingerprint density at radius 1 is 1.10 bits per heavy atom. The van der Waals surface area contributed by atoms with E-state index in [2.05, 4.69) is 5.32 Å². The number of anilines is 2.